The van der Waals surface area contributed by atoms with Crippen molar-refractivity contribution in [1.82, 2.24) is 24.5 Å². The number of hydrogen-bond donors (Lipinski definition) is 1. The van der Waals surface area contributed by atoms with Gasteiger partial charge in [-0.3, -0.25) is 4.57 Å². The molecule has 0 fully saturated rings. The quantitative estimate of drug-likeness (QED) is 0.802. The Bertz CT molecular complexity index is 741. The summed E-state index contributed by atoms with van der Waals surface area (Å²) < 4.78 is 1.73. The molecule has 0 aliphatic rings. The molecule has 106 valence electrons. The van der Waals surface area contributed by atoms with E-state index in [0.717, 1.165) is 12.1 Å². The van der Waals surface area contributed by atoms with E-state index < -0.39 is 0 Å². The van der Waals surface area contributed by atoms with Gasteiger partial charge in [0.15, 0.2) is 5.82 Å². The third-order valence-electron chi connectivity index (χ3n) is 2.81. The molecular weight excluding hydrogens is 288 g/mol. The highest BCUT2D eigenvalue weighted by Crippen LogP contribution is 2.25. The van der Waals surface area contributed by atoms with E-state index >= 15 is 0 Å². The van der Waals surface area contributed by atoms with Crippen LogP contribution < -0.4 is 5.32 Å². The summed E-state index contributed by atoms with van der Waals surface area (Å²) in [7, 11) is 0. The fraction of sp³-hybridized carbons (Fsp3) is 0.143. The molecule has 2 aromatic heterocycles. The Morgan fingerprint density at radius 2 is 2.05 bits per heavy atom. The molecule has 0 amide bonds. The molecule has 0 atom stereocenters. The molecule has 0 unspecified atom stereocenters. The highest BCUT2D eigenvalue weighted by molar-refractivity contribution is 6.33. The molecule has 1 aromatic carbocycles. The molecule has 2 heterocycles. The normalized spacial score (nSPS) is 10.6. The van der Waals surface area contributed by atoms with E-state index in [0.29, 0.717) is 22.7 Å². The predicted octanol–water partition coefficient (Wildman–Crippen LogP) is 2.81. The van der Waals surface area contributed by atoms with Crippen LogP contribution in [-0.2, 0) is 0 Å². The summed E-state index contributed by atoms with van der Waals surface area (Å²) in [4.78, 5) is 17.3. The van der Waals surface area contributed by atoms with Crippen LogP contribution in [0.15, 0.2) is 43.0 Å². The van der Waals surface area contributed by atoms with Crippen molar-refractivity contribution in [3.8, 4) is 17.3 Å². The smallest absolute Gasteiger partial charge is 0.240 e. The summed E-state index contributed by atoms with van der Waals surface area (Å²) in [5.41, 5.74) is 0.766. The third kappa shape index (κ3) is 2.85. The Morgan fingerprint density at radius 3 is 2.76 bits per heavy atom. The van der Waals surface area contributed by atoms with Crippen LogP contribution in [0.1, 0.15) is 6.92 Å². The second-order valence-electron chi connectivity index (χ2n) is 4.26. The van der Waals surface area contributed by atoms with E-state index in [1.165, 1.54) is 0 Å². The number of nitrogens with one attached hydrogen (secondary N) is 1. The van der Waals surface area contributed by atoms with Gasteiger partial charge in [-0.2, -0.15) is 15.0 Å². The van der Waals surface area contributed by atoms with Crippen LogP contribution in [0, 0.1) is 0 Å². The van der Waals surface area contributed by atoms with Gasteiger partial charge in [-0.25, -0.2) is 4.98 Å². The third-order valence-corrected chi connectivity index (χ3v) is 3.14. The van der Waals surface area contributed by atoms with Crippen molar-refractivity contribution in [3.05, 3.63) is 48.0 Å². The van der Waals surface area contributed by atoms with Gasteiger partial charge in [-0.15, -0.1) is 0 Å². The van der Waals surface area contributed by atoms with Gasteiger partial charge in [-0.05, 0) is 19.1 Å². The van der Waals surface area contributed by atoms with Crippen molar-refractivity contribution < 1.29 is 0 Å². The van der Waals surface area contributed by atoms with Crippen LogP contribution in [0.3, 0.4) is 0 Å². The van der Waals surface area contributed by atoms with Gasteiger partial charge in [0, 0.05) is 24.5 Å². The minimum absolute atomic E-state index is 0.494. The van der Waals surface area contributed by atoms with E-state index in [4.69, 9.17) is 11.6 Å². The van der Waals surface area contributed by atoms with Gasteiger partial charge in [0.1, 0.15) is 6.33 Å². The standard InChI is InChI=1S/C14H13ClN6/c1-2-17-13-18-12(10-5-3-4-6-11(10)15)19-14(20-13)21-8-7-16-9-21/h3-9H,2H2,1H3,(H,17,18,19,20). The van der Waals surface area contributed by atoms with Crippen molar-refractivity contribution in [1.29, 1.82) is 0 Å². The molecular formula is C14H13ClN6. The topological polar surface area (TPSA) is 68.5 Å². The molecule has 0 aliphatic heterocycles. The second kappa shape index (κ2) is 5.88. The van der Waals surface area contributed by atoms with Gasteiger partial charge in [-0.1, -0.05) is 23.7 Å². The summed E-state index contributed by atoms with van der Waals surface area (Å²) in [5, 5.41) is 3.70. The number of hydrogen-bond acceptors (Lipinski definition) is 5. The van der Waals surface area contributed by atoms with Crippen molar-refractivity contribution in [3.63, 3.8) is 0 Å². The number of nitrogens with zero attached hydrogens (tertiary/aromatic N) is 5. The van der Waals surface area contributed by atoms with Crippen LogP contribution >= 0.6 is 11.6 Å². The van der Waals surface area contributed by atoms with Crippen LogP contribution in [0.4, 0.5) is 5.95 Å². The Morgan fingerprint density at radius 1 is 1.19 bits per heavy atom. The average molecular weight is 301 g/mol. The number of imidazole rings is 1. The number of aromatic nitrogens is 5. The molecule has 0 bridgehead atoms. The van der Waals surface area contributed by atoms with Gasteiger partial charge in [0.05, 0.1) is 5.02 Å². The largest absolute Gasteiger partial charge is 0.354 e. The van der Waals surface area contributed by atoms with Crippen LogP contribution in [0.5, 0.6) is 0 Å². The maximum absolute atomic E-state index is 6.23. The zero-order chi connectivity index (χ0) is 14.7. The SMILES string of the molecule is CCNc1nc(-c2ccccc2Cl)nc(-n2ccnc2)n1. The Labute approximate surface area is 126 Å². The summed E-state index contributed by atoms with van der Waals surface area (Å²) in [6.45, 7) is 2.70. The van der Waals surface area contributed by atoms with E-state index in [2.05, 4.69) is 25.3 Å². The summed E-state index contributed by atoms with van der Waals surface area (Å²) >= 11 is 6.23. The van der Waals surface area contributed by atoms with Gasteiger partial charge in [0.25, 0.3) is 0 Å². The Kier molecular flexibility index (Phi) is 3.79. The lowest BCUT2D eigenvalue weighted by Gasteiger charge is -2.09. The highest BCUT2D eigenvalue weighted by Gasteiger charge is 2.11. The minimum atomic E-state index is 0.494. The lowest BCUT2D eigenvalue weighted by Crippen LogP contribution is -2.09. The van der Waals surface area contributed by atoms with Crippen molar-refractivity contribution >= 4 is 17.5 Å². The van der Waals surface area contributed by atoms with Crippen molar-refractivity contribution in [2.24, 2.45) is 0 Å². The first-order chi connectivity index (χ1) is 10.3. The number of anilines is 1. The molecule has 6 nitrogen and oxygen atoms in total. The van der Waals surface area contributed by atoms with E-state index in [1.807, 2.05) is 31.2 Å². The Balaban J connectivity index is 2.14. The Hall–Kier alpha value is -2.47. The summed E-state index contributed by atoms with van der Waals surface area (Å²) in [5.74, 6) is 1.52. The fourth-order valence-electron chi connectivity index (χ4n) is 1.86. The highest BCUT2D eigenvalue weighted by atomic mass is 35.5. The average Bonchev–Trinajstić information content (AvgIpc) is 3.02. The molecule has 7 heteroatoms. The first kappa shape index (κ1) is 13.5. The molecule has 0 saturated carbocycles. The first-order valence-electron chi connectivity index (χ1n) is 6.51. The van der Waals surface area contributed by atoms with Crippen LogP contribution in [0.25, 0.3) is 17.3 Å². The van der Waals surface area contributed by atoms with Crippen molar-refractivity contribution in [2.75, 3.05) is 11.9 Å². The summed E-state index contributed by atoms with van der Waals surface area (Å²) in [6, 6.07) is 7.46. The zero-order valence-corrected chi connectivity index (χ0v) is 12.1. The van der Waals surface area contributed by atoms with Gasteiger partial charge < -0.3 is 5.32 Å². The molecule has 1 N–H and O–H groups in total. The van der Waals surface area contributed by atoms with Crippen molar-refractivity contribution in [2.45, 2.75) is 6.92 Å². The number of rotatable bonds is 4. The minimum Gasteiger partial charge on any atom is -0.354 e. The van der Waals surface area contributed by atoms with Crippen LogP contribution in [0.2, 0.25) is 5.02 Å². The van der Waals surface area contributed by atoms with Crippen LogP contribution in [-0.4, -0.2) is 31.0 Å². The molecule has 21 heavy (non-hydrogen) atoms. The van der Waals surface area contributed by atoms with E-state index in [1.54, 1.807) is 23.3 Å². The molecule has 0 aliphatic carbocycles. The second-order valence-corrected chi connectivity index (χ2v) is 4.67. The molecule has 0 saturated heterocycles. The maximum atomic E-state index is 6.23. The molecule has 0 spiro atoms. The molecule has 0 radical (unpaired) electrons. The lowest BCUT2D eigenvalue weighted by atomic mass is 10.2. The fourth-order valence-corrected chi connectivity index (χ4v) is 2.08. The maximum Gasteiger partial charge on any atom is 0.240 e. The van der Waals surface area contributed by atoms with E-state index in [-0.39, 0.29) is 0 Å². The van der Waals surface area contributed by atoms with Gasteiger partial charge in [0.2, 0.25) is 11.9 Å². The summed E-state index contributed by atoms with van der Waals surface area (Å²) in [6.07, 6.45) is 5.09. The van der Waals surface area contributed by atoms with Gasteiger partial charge >= 0.3 is 0 Å². The van der Waals surface area contributed by atoms with E-state index in [9.17, 15) is 0 Å². The number of halogens is 1. The zero-order valence-electron chi connectivity index (χ0n) is 11.4. The lowest BCUT2D eigenvalue weighted by molar-refractivity contribution is 0.896. The molecule has 3 rings (SSSR count). The molecule has 3 aromatic rings. The predicted molar refractivity (Wildman–Crippen MR) is 81.6 cm³/mol. The first-order valence-corrected chi connectivity index (χ1v) is 6.89. The monoisotopic (exact) mass is 300 g/mol. The number of benzene rings is 1.